The summed E-state index contributed by atoms with van der Waals surface area (Å²) < 4.78 is 5.43. The van der Waals surface area contributed by atoms with E-state index < -0.39 is 5.60 Å². The zero-order chi connectivity index (χ0) is 16.3. The van der Waals surface area contributed by atoms with Crippen LogP contribution in [0.15, 0.2) is 18.3 Å². The van der Waals surface area contributed by atoms with Crippen molar-refractivity contribution in [3.05, 3.63) is 23.9 Å². The fourth-order valence-corrected chi connectivity index (χ4v) is 2.48. The first-order valence-corrected chi connectivity index (χ1v) is 7.41. The summed E-state index contributed by atoms with van der Waals surface area (Å²) in [6, 6.07) is 5.67. The van der Waals surface area contributed by atoms with E-state index in [2.05, 4.69) is 11.1 Å². The molecule has 0 saturated carbocycles. The fraction of sp³-hybridized carbons (Fsp3) is 0.562. The molecule has 1 aromatic rings. The molecule has 1 aromatic heterocycles. The van der Waals surface area contributed by atoms with Crippen LogP contribution >= 0.6 is 0 Å². The van der Waals surface area contributed by atoms with Crippen LogP contribution in [0.5, 0.6) is 0 Å². The van der Waals surface area contributed by atoms with E-state index in [4.69, 9.17) is 4.74 Å². The largest absolute Gasteiger partial charge is 0.444 e. The molecule has 118 valence electrons. The van der Waals surface area contributed by atoms with Crippen molar-refractivity contribution in [2.75, 3.05) is 24.5 Å². The van der Waals surface area contributed by atoms with Crippen molar-refractivity contribution >= 4 is 11.9 Å². The molecule has 1 aliphatic heterocycles. The second kappa shape index (κ2) is 6.22. The number of rotatable bonds is 1. The number of nitriles is 1. The Labute approximate surface area is 131 Å². The normalized spacial score (nSPS) is 18.8. The minimum absolute atomic E-state index is 0.00264. The highest BCUT2D eigenvalue weighted by atomic mass is 16.6. The van der Waals surface area contributed by atoms with Gasteiger partial charge in [0.1, 0.15) is 17.5 Å². The van der Waals surface area contributed by atoms with Gasteiger partial charge < -0.3 is 14.5 Å². The third-order valence-electron chi connectivity index (χ3n) is 3.46. The first kappa shape index (κ1) is 16.1. The van der Waals surface area contributed by atoms with Crippen LogP contribution in [0.2, 0.25) is 0 Å². The summed E-state index contributed by atoms with van der Waals surface area (Å²) in [5.74, 6) is 0.681. The van der Waals surface area contributed by atoms with Crippen LogP contribution in [-0.2, 0) is 4.74 Å². The molecule has 1 amide bonds. The molecule has 0 unspecified atom stereocenters. The number of hydrogen-bond acceptors (Lipinski definition) is 5. The molecular weight excluding hydrogens is 280 g/mol. The van der Waals surface area contributed by atoms with Gasteiger partial charge in [-0.05, 0) is 39.8 Å². The molecule has 2 rings (SSSR count). The van der Waals surface area contributed by atoms with Gasteiger partial charge in [-0.3, -0.25) is 0 Å². The first-order valence-electron chi connectivity index (χ1n) is 7.41. The molecule has 0 bridgehead atoms. The monoisotopic (exact) mass is 302 g/mol. The topological polar surface area (TPSA) is 69.5 Å². The molecule has 1 aliphatic rings. The lowest BCUT2D eigenvalue weighted by atomic mass is 10.1. The van der Waals surface area contributed by atoms with Crippen molar-refractivity contribution < 1.29 is 9.53 Å². The minimum Gasteiger partial charge on any atom is -0.444 e. The van der Waals surface area contributed by atoms with Gasteiger partial charge in [-0.15, -0.1) is 0 Å². The SMILES string of the molecule is C[C@@H]1CN(c2ncccc2C#N)CCN1C(=O)OC(C)(C)C. The van der Waals surface area contributed by atoms with Crippen LogP contribution < -0.4 is 4.90 Å². The van der Waals surface area contributed by atoms with Crippen LogP contribution in [-0.4, -0.2) is 47.3 Å². The van der Waals surface area contributed by atoms with E-state index in [-0.39, 0.29) is 12.1 Å². The van der Waals surface area contributed by atoms with Crippen molar-refractivity contribution in [3.63, 3.8) is 0 Å². The summed E-state index contributed by atoms with van der Waals surface area (Å²) in [6.45, 7) is 9.37. The summed E-state index contributed by atoms with van der Waals surface area (Å²) in [4.78, 5) is 20.3. The lowest BCUT2D eigenvalue weighted by molar-refractivity contribution is 0.0158. The molecule has 6 heteroatoms. The van der Waals surface area contributed by atoms with E-state index in [9.17, 15) is 10.1 Å². The lowest BCUT2D eigenvalue weighted by Crippen LogP contribution is -2.55. The van der Waals surface area contributed by atoms with Gasteiger partial charge in [0.15, 0.2) is 0 Å². The fourth-order valence-electron chi connectivity index (χ4n) is 2.48. The minimum atomic E-state index is -0.497. The molecule has 0 aromatic carbocycles. The van der Waals surface area contributed by atoms with E-state index in [0.717, 1.165) is 0 Å². The second-order valence-corrected chi connectivity index (χ2v) is 6.46. The van der Waals surface area contributed by atoms with Crippen molar-refractivity contribution in [1.29, 1.82) is 5.26 Å². The summed E-state index contributed by atoms with van der Waals surface area (Å²) in [5.41, 5.74) is 0.0588. The Hall–Kier alpha value is -2.29. The van der Waals surface area contributed by atoms with Gasteiger partial charge in [-0.2, -0.15) is 5.26 Å². The van der Waals surface area contributed by atoms with Gasteiger partial charge in [0.2, 0.25) is 0 Å². The van der Waals surface area contributed by atoms with Gasteiger partial charge in [-0.25, -0.2) is 9.78 Å². The Bertz CT molecular complexity index is 589. The number of hydrogen-bond donors (Lipinski definition) is 0. The third-order valence-corrected chi connectivity index (χ3v) is 3.46. The number of carbonyl (C=O) groups is 1. The quantitative estimate of drug-likeness (QED) is 0.796. The Kier molecular flexibility index (Phi) is 4.55. The molecule has 2 heterocycles. The van der Waals surface area contributed by atoms with Crippen LogP contribution in [0.4, 0.5) is 10.6 Å². The van der Waals surface area contributed by atoms with Crippen molar-refractivity contribution in [3.8, 4) is 6.07 Å². The van der Waals surface area contributed by atoms with Gasteiger partial charge in [-0.1, -0.05) is 0 Å². The maximum absolute atomic E-state index is 12.2. The molecule has 0 aliphatic carbocycles. The Morgan fingerprint density at radius 2 is 2.18 bits per heavy atom. The zero-order valence-electron chi connectivity index (χ0n) is 13.5. The Morgan fingerprint density at radius 1 is 1.45 bits per heavy atom. The smallest absolute Gasteiger partial charge is 0.410 e. The first-order chi connectivity index (χ1) is 10.3. The molecule has 6 nitrogen and oxygen atoms in total. The van der Waals surface area contributed by atoms with Crippen molar-refractivity contribution in [1.82, 2.24) is 9.88 Å². The van der Waals surface area contributed by atoms with Gasteiger partial charge in [0.05, 0.1) is 5.56 Å². The van der Waals surface area contributed by atoms with E-state index in [1.54, 1.807) is 23.2 Å². The van der Waals surface area contributed by atoms with Crippen LogP contribution in [0, 0.1) is 11.3 Å². The molecule has 22 heavy (non-hydrogen) atoms. The average Bonchev–Trinajstić information content (AvgIpc) is 2.45. The maximum Gasteiger partial charge on any atom is 0.410 e. The number of pyridine rings is 1. The number of nitrogens with zero attached hydrogens (tertiary/aromatic N) is 4. The van der Waals surface area contributed by atoms with Crippen LogP contribution in [0.3, 0.4) is 0 Å². The molecule has 0 radical (unpaired) electrons. The molecule has 1 saturated heterocycles. The van der Waals surface area contributed by atoms with Crippen LogP contribution in [0.25, 0.3) is 0 Å². The number of ether oxygens (including phenoxy) is 1. The van der Waals surface area contributed by atoms with Crippen molar-refractivity contribution in [2.24, 2.45) is 0 Å². The predicted molar refractivity (Wildman–Crippen MR) is 83.6 cm³/mol. The van der Waals surface area contributed by atoms with E-state index in [1.165, 1.54) is 0 Å². The van der Waals surface area contributed by atoms with E-state index in [1.807, 2.05) is 32.6 Å². The summed E-state index contributed by atoms with van der Waals surface area (Å²) in [7, 11) is 0. The van der Waals surface area contributed by atoms with Gasteiger partial charge in [0, 0.05) is 31.9 Å². The number of aromatic nitrogens is 1. The maximum atomic E-state index is 12.2. The summed E-state index contributed by atoms with van der Waals surface area (Å²) in [5, 5.41) is 9.18. The second-order valence-electron chi connectivity index (χ2n) is 6.46. The molecule has 0 spiro atoms. The molecule has 1 atom stereocenters. The predicted octanol–water partition coefficient (Wildman–Crippen LogP) is 2.40. The molecular formula is C16H22N4O2. The van der Waals surface area contributed by atoms with E-state index in [0.29, 0.717) is 31.0 Å². The Morgan fingerprint density at radius 3 is 2.77 bits per heavy atom. The number of amides is 1. The van der Waals surface area contributed by atoms with E-state index >= 15 is 0 Å². The third kappa shape index (κ3) is 3.67. The summed E-state index contributed by atoms with van der Waals surface area (Å²) in [6.07, 6.45) is 1.39. The highest BCUT2D eigenvalue weighted by Crippen LogP contribution is 2.21. The molecule has 1 fully saturated rings. The number of piperazine rings is 1. The van der Waals surface area contributed by atoms with Gasteiger partial charge >= 0.3 is 6.09 Å². The Balaban J connectivity index is 2.07. The zero-order valence-corrected chi connectivity index (χ0v) is 13.5. The highest BCUT2D eigenvalue weighted by Gasteiger charge is 2.31. The number of anilines is 1. The average molecular weight is 302 g/mol. The van der Waals surface area contributed by atoms with Gasteiger partial charge in [0.25, 0.3) is 0 Å². The van der Waals surface area contributed by atoms with Crippen LogP contribution in [0.1, 0.15) is 33.3 Å². The van der Waals surface area contributed by atoms with Crippen molar-refractivity contribution in [2.45, 2.75) is 39.3 Å². The molecule has 0 N–H and O–H groups in total. The lowest BCUT2D eigenvalue weighted by Gasteiger charge is -2.40. The number of carbonyl (C=O) groups excluding carboxylic acids is 1. The standard InChI is InChI=1S/C16H22N4O2/c1-12-11-19(14-13(10-17)6-5-7-18-14)8-9-20(12)15(21)22-16(2,3)4/h5-7,12H,8-9,11H2,1-4H3/t12-/m1/s1. The summed E-state index contributed by atoms with van der Waals surface area (Å²) >= 11 is 0. The highest BCUT2D eigenvalue weighted by molar-refractivity contribution is 5.69.